The van der Waals surface area contributed by atoms with Gasteiger partial charge in [-0.3, -0.25) is 14.5 Å². The molecule has 0 aromatic heterocycles. The highest BCUT2D eigenvalue weighted by atomic mass is 16.2. The van der Waals surface area contributed by atoms with Gasteiger partial charge < -0.3 is 10.2 Å². The van der Waals surface area contributed by atoms with E-state index in [-0.39, 0.29) is 17.9 Å². The molecule has 152 valence electrons. The van der Waals surface area contributed by atoms with Gasteiger partial charge in [-0.1, -0.05) is 36.4 Å². The molecule has 0 radical (unpaired) electrons. The number of benzene rings is 2. The minimum atomic E-state index is -0.148. The summed E-state index contributed by atoms with van der Waals surface area (Å²) in [6.07, 6.45) is 4.14. The fourth-order valence-electron chi connectivity index (χ4n) is 4.30. The lowest BCUT2D eigenvalue weighted by Gasteiger charge is -2.33. The quantitative estimate of drug-likeness (QED) is 0.872. The Hall–Kier alpha value is -2.66. The van der Waals surface area contributed by atoms with Crippen molar-refractivity contribution < 1.29 is 9.59 Å². The van der Waals surface area contributed by atoms with Crippen LogP contribution in [0.2, 0.25) is 0 Å². The number of piperidine rings is 1. The van der Waals surface area contributed by atoms with Crippen LogP contribution in [0.4, 0.5) is 0 Å². The summed E-state index contributed by atoms with van der Waals surface area (Å²) in [5, 5.41) is 3.07. The first-order valence-electron chi connectivity index (χ1n) is 10.5. The monoisotopic (exact) mass is 391 g/mol. The van der Waals surface area contributed by atoms with Gasteiger partial charge in [0.2, 0.25) is 5.91 Å². The maximum Gasteiger partial charge on any atom is 0.253 e. The first-order chi connectivity index (χ1) is 14.1. The summed E-state index contributed by atoms with van der Waals surface area (Å²) in [5.74, 6) is 0.165. The van der Waals surface area contributed by atoms with Gasteiger partial charge >= 0.3 is 0 Å². The molecule has 0 bridgehead atoms. The van der Waals surface area contributed by atoms with Crippen molar-refractivity contribution in [3.8, 4) is 0 Å². The van der Waals surface area contributed by atoms with Gasteiger partial charge in [0.05, 0.1) is 6.04 Å². The number of hydrogen-bond acceptors (Lipinski definition) is 3. The number of likely N-dealkylation sites (tertiary alicyclic amines) is 1. The summed E-state index contributed by atoms with van der Waals surface area (Å²) >= 11 is 0. The fourth-order valence-corrected chi connectivity index (χ4v) is 4.30. The lowest BCUT2D eigenvalue weighted by molar-refractivity contribution is -0.126. The molecule has 0 unspecified atom stereocenters. The van der Waals surface area contributed by atoms with Gasteiger partial charge in [-0.25, -0.2) is 0 Å². The molecule has 2 heterocycles. The first-order valence-corrected chi connectivity index (χ1v) is 10.5. The van der Waals surface area contributed by atoms with E-state index in [0.717, 1.165) is 50.0 Å². The zero-order valence-electron chi connectivity index (χ0n) is 17.1. The number of carbonyl (C=O) groups excluding carboxylic acids is 2. The van der Waals surface area contributed by atoms with Crippen LogP contribution < -0.4 is 5.32 Å². The molecule has 2 aliphatic heterocycles. The number of amides is 2. The maximum atomic E-state index is 12.8. The second kappa shape index (κ2) is 8.78. The summed E-state index contributed by atoms with van der Waals surface area (Å²) in [7, 11) is 2.00. The van der Waals surface area contributed by atoms with Crippen LogP contribution in [-0.2, 0) is 24.3 Å². The van der Waals surface area contributed by atoms with Crippen molar-refractivity contribution in [3.05, 3.63) is 70.8 Å². The zero-order valence-corrected chi connectivity index (χ0v) is 17.1. The summed E-state index contributed by atoms with van der Waals surface area (Å²) in [5.41, 5.74) is 4.29. The minimum absolute atomic E-state index is 0.0514. The van der Waals surface area contributed by atoms with E-state index in [1.54, 1.807) is 0 Å². The van der Waals surface area contributed by atoms with E-state index in [4.69, 9.17) is 0 Å². The molecule has 1 N–H and O–H groups in total. The predicted molar refractivity (Wildman–Crippen MR) is 113 cm³/mol. The molecular formula is C24H29N3O2. The SMILES string of the molecule is CN1Cc2ccccc2C[C@@H]1C(=O)NCc1ccc(C(=O)N2CCCCC2)cc1. The van der Waals surface area contributed by atoms with Crippen molar-refractivity contribution in [2.75, 3.05) is 20.1 Å². The third-order valence-electron chi connectivity index (χ3n) is 6.10. The highest BCUT2D eigenvalue weighted by Gasteiger charge is 2.28. The van der Waals surface area contributed by atoms with Crippen molar-refractivity contribution in [2.24, 2.45) is 0 Å². The molecule has 2 amide bonds. The van der Waals surface area contributed by atoms with Crippen LogP contribution in [0, 0.1) is 0 Å². The second-order valence-corrected chi connectivity index (χ2v) is 8.17. The topological polar surface area (TPSA) is 52.7 Å². The summed E-state index contributed by atoms with van der Waals surface area (Å²) in [6.45, 7) is 2.98. The van der Waals surface area contributed by atoms with Gasteiger partial charge in [0.15, 0.2) is 0 Å². The average molecular weight is 392 g/mol. The zero-order chi connectivity index (χ0) is 20.2. The van der Waals surface area contributed by atoms with E-state index in [0.29, 0.717) is 6.54 Å². The van der Waals surface area contributed by atoms with E-state index in [2.05, 4.69) is 22.3 Å². The molecule has 5 heteroatoms. The third kappa shape index (κ3) is 4.51. The van der Waals surface area contributed by atoms with Crippen LogP contribution in [0.5, 0.6) is 0 Å². The van der Waals surface area contributed by atoms with Crippen LogP contribution >= 0.6 is 0 Å². The van der Waals surface area contributed by atoms with Crippen molar-refractivity contribution in [1.82, 2.24) is 15.1 Å². The van der Waals surface area contributed by atoms with Crippen LogP contribution in [-0.4, -0.2) is 47.8 Å². The highest BCUT2D eigenvalue weighted by Crippen LogP contribution is 2.22. The molecule has 4 rings (SSSR count). The molecule has 1 atom stereocenters. The number of rotatable bonds is 4. The molecule has 0 saturated carbocycles. The molecule has 0 aliphatic carbocycles. The van der Waals surface area contributed by atoms with E-state index < -0.39 is 0 Å². The van der Waals surface area contributed by atoms with E-state index in [1.165, 1.54) is 17.5 Å². The van der Waals surface area contributed by atoms with Gasteiger partial charge in [-0.05, 0) is 61.6 Å². The Morgan fingerprint density at radius 3 is 2.38 bits per heavy atom. The third-order valence-corrected chi connectivity index (χ3v) is 6.10. The first kappa shape index (κ1) is 19.6. The smallest absolute Gasteiger partial charge is 0.253 e. The molecule has 0 spiro atoms. The molecule has 1 fully saturated rings. The Labute approximate surface area is 172 Å². The van der Waals surface area contributed by atoms with Gasteiger partial charge in [0.25, 0.3) is 5.91 Å². The van der Waals surface area contributed by atoms with E-state index in [1.807, 2.05) is 48.3 Å². The van der Waals surface area contributed by atoms with E-state index in [9.17, 15) is 9.59 Å². The van der Waals surface area contributed by atoms with Gasteiger partial charge in [0.1, 0.15) is 0 Å². The van der Waals surface area contributed by atoms with Crippen LogP contribution in [0.25, 0.3) is 0 Å². The Balaban J connectivity index is 1.33. The molecule has 2 aromatic rings. The molecule has 29 heavy (non-hydrogen) atoms. The molecule has 2 aliphatic rings. The van der Waals surface area contributed by atoms with Crippen LogP contribution in [0.1, 0.15) is 46.3 Å². The number of carbonyl (C=O) groups is 2. The summed E-state index contributed by atoms with van der Waals surface area (Å²) in [4.78, 5) is 29.4. The number of hydrogen-bond donors (Lipinski definition) is 1. The summed E-state index contributed by atoms with van der Waals surface area (Å²) < 4.78 is 0. The normalized spacial score (nSPS) is 19.5. The van der Waals surface area contributed by atoms with Gasteiger partial charge in [-0.2, -0.15) is 0 Å². The number of nitrogens with one attached hydrogen (secondary N) is 1. The average Bonchev–Trinajstić information content (AvgIpc) is 2.77. The molecule has 2 aromatic carbocycles. The Morgan fingerprint density at radius 2 is 1.66 bits per heavy atom. The standard InChI is InChI=1S/C24H29N3O2/c1-26-17-21-8-4-3-7-20(21)15-22(26)23(28)25-16-18-9-11-19(12-10-18)24(29)27-13-5-2-6-14-27/h3-4,7-12,22H,2,5-6,13-17H2,1H3,(H,25,28)/t22-/m1/s1. The molecular weight excluding hydrogens is 362 g/mol. The lowest BCUT2D eigenvalue weighted by atomic mass is 9.94. The minimum Gasteiger partial charge on any atom is -0.351 e. The predicted octanol–water partition coefficient (Wildman–Crippen LogP) is 2.99. The van der Waals surface area contributed by atoms with Gasteiger partial charge in [-0.15, -0.1) is 0 Å². The Bertz CT molecular complexity index is 872. The Morgan fingerprint density at radius 1 is 0.966 bits per heavy atom. The van der Waals surface area contributed by atoms with Crippen LogP contribution in [0.3, 0.4) is 0 Å². The highest BCUT2D eigenvalue weighted by molar-refractivity contribution is 5.94. The number of nitrogens with zero attached hydrogens (tertiary/aromatic N) is 2. The lowest BCUT2D eigenvalue weighted by Crippen LogP contribution is -2.48. The summed E-state index contributed by atoms with van der Waals surface area (Å²) in [6, 6.07) is 15.8. The largest absolute Gasteiger partial charge is 0.351 e. The van der Waals surface area contributed by atoms with Crippen molar-refractivity contribution in [1.29, 1.82) is 0 Å². The van der Waals surface area contributed by atoms with E-state index >= 15 is 0 Å². The van der Waals surface area contributed by atoms with Crippen LogP contribution in [0.15, 0.2) is 48.5 Å². The molecule has 1 saturated heterocycles. The van der Waals surface area contributed by atoms with Crippen molar-refractivity contribution in [2.45, 2.75) is 44.8 Å². The second-order valence-electron chi connectivity index (χ2n) is 8.17. The van der Waals surface area contributed by atoms with Crippen molar-refractivity contribution >= 4 is 11.8 Å². The fraction of sp³-hybridized carbons (Fsp3) is 0.417. The Kier molecular flexibility index (Phi) is 5.95. The van der Waals surface area contributed by atoms with Crippen molar-refractivity contribution in [3.63, 3.8) is 0 Å². The maximum absolute atomic E-state index is 12.8. The molecule has 5 nitrogen and oxygen atoms in total. The van der Waals surface area contributed by atoms with Gasteiger partial charge in [0, 0.05) is 31.7 Å². The number of likely N-dealkylation sites (N-methyl/N-ethyl adjacent to an activating group) is 1. The number of fused-ring (bicyclic) bond motifs is 1.